The molecular weight excluding hydrogens is 264 g/mol. The maximum absolute atomic E-state index is 11.0. The van der Waals surface area contributed by atoms with E-state index >= 15 is 0 Å². The molecule has 2 heterocycles. The SMILES string of the molecule is Cc1ccc(CN2Cc3cnc(C(=O)O)cc3C2)cc1C. The minimum Gasteiger partial charge on any atom is -0.477 e. The fraction of sp³-hybridized carbons (Fsp3) is 0.294. The number of hydrogen-bond donors (Lipinski definition) is 1. The van der Waals surface area contributed by atoms with E-state index in [2.05, 4.69) is 41.9 Å². The monoisotopic (exact) mass is 282 g/mol. The van der Waals surface area contributed by atoms with E-state index in [1.165, 1.54) is 16.7 Å². The van der Waals surface area contributed by atoms with Crippen LogP contribution in [-0.4, -0.2) is 21.0 Å². The topological polar surface area (TPSA) is 53.4 Å². The van der Waals surface area contributed by atoms with Crippen LogP contribution in [0.2, 0.25) is 0 Å². The van der Waals surface area contributed by atoms with Crippen LogP contribution in [0.1, 0.15) is 38.3 Å². The molecule has 0 saturated heterocycles. The third kappa shape index (κ3) is 2.81. The zero-order valence-electron chi connectivity index (χ0n) is 12.3. The molecule has 1 aliphatic heterocycles. The van der Waals surface area contributed by atoms with Crippen molar-refractivity contribution in [2.75, 3.05) is 0 Å². The highest BCUT2D eigenvalue weighted by Crippen LogP contribution is 2.24. The molecule has 0 atom stereocenters. The van der Waals surface area contributed by atoms with Crippen LogP contribution in [0.3, 0.4) is 0 Å². The lowest BCUT2D eigenvalue weighted by Crippen LogP contribution is -2.15. The Morgan fingerprint density at radius 3 is 2.67 bits per heavy atom. The molecule has 108 valence electrons. The molecule has 0 aliphatic carbocycles. The summed E-state index contributed by atoms with van der Waals surface area (Å²) in [7, 11) is 0. The van der Waals surface area contributed by atoms with Crippen LogP contribution in [-0.2, 0) is 19.6 Å². The van der Waals surface area contributed by atoms with Crippen molar-refractivity contribution in [3.63, 3.8) is 0 Å². The highest BCUT2D eigenvalue weighted by atomic mass is 16.4. The molecular formula is C17H18N2O2. The van der Waals surface area contributed by atoms with E-state index in [1.54, 1.807) is 12.3 Å². The van der Waals surface area contributed by atoms with Crippen LogP contribution >= 0.6 is 0 Å². The first kappa shape index (κ1) is 13.8. The minimum absolute atomic E-state index is 0.127. The van der Waals surface area contributed by atoms with Gasteiger partial charge in [0.1, 0.15) is 5.69 Å². The number of aromatic nitrogens is 1. The Labute approximate surface area is 124 Å². The molecule has 1 aromatic carbocycles. The van der Waals surface area contributed by atoms with E-state index in [4.69, 9.17) is 5.11 Å². The van der Waals surface area contributed by atoms with Gasteiger partial charge in [-0.3, -0.25) is 4.90 Å². The summed E-state index contributed by atoms with van der Waals surface area (Å²) in [6.45, 7) is 6.73. The number of fused-ring (bicyclic) bond motifs is 1. The Hall–Kier alpha value is -2.20. The summed E-state index contributed by atoms with van der Waals surface area (Å²) in [5.41, 5.74) is 6.23. The standard InChI is InChI=1S/C17H18N2O2/c1-11-3-4-13(5-12(11)2)8-19-9-14-6-16(17(20)21)18-7-15(14)10-19/h3-7H,8-10H2,1-2H3,(H,20,21). The van der Waals surface area contributed by atoms with Crippen LogP contribution in [0.4, 0.5) is 0 Å². The van der Waals surface area contributed by atoms with Crippen LogP contribution < -0.4 is 0 Å². The molecule has 4 nitrogen and oxygen atoms in total. The molecule has 0 fully saturated rings. The van der Waals surface area contributed by atoms with Crippen molar-refractivity contribution in [1.29, 1.82) is 0 Å². The van der Waals surface area contributed by atoms with Crippen molar-refractivity contribution in [1.82, 2.24) is 9.88 Å². The van der Waals surface area contributed by atoms with Crippen molar-refractivity contribution in [2.45, 2.75) is 33.5 Å². The zero-order valence-corrected chi connectivity index (χ0v) is 12.3. The lowest BCUT2D eigenvalue weighted by Gasteiger charge is -2.15. The van der Waals surface area contributed by atoms with Gasteiger partial charge in [0.05, 0.1) is 0 Å². The summed E-state index contributed by atoms with van der Waals surface area (Å²) in [5, 5.41) is 9.00. The molecule has 0 saturated carbocycles. The first-order valence-corrected chi connectivity index (χ1v) is 7.02. The number of benzene rings is 1. The third-order valence-electron chi connectivity index (χ3n) is 4.07. The number of hydrogen-bond acceptors (Lipinski definition) is 3. The van der Waals surface area contributed by atoms with Gasteiger partial charge < -0.3 is 5.11 Å². The fourth-order valence-electron chi connectivity index (χ4n) is 2.74. The van der Waals surface area contributed by atoms with Crippen LogP contribution in [0, 0.1) is 13.8 Å². The molecule has 0 spiro atoms. The first-order valence-electron chi connectivity index (χ1n) is 7.02. The third-order valence-corrected chi connectivity index (χ3v) is 4.07. The number of nitrogens with zero attached hydrogens (tertiary/aromatic N) is 2. The van der Waals surface area contributed by atoms with E-state index in [0.717, 1.165) is 30.8 Å². The number of pyridine rings is 1. The Balaban J connectivity index is 1.75. The molecule has 21 heavy (non-hydrogen) atoms. The minimum atomic E-state index is -0.967. The first-order chi connectivity index (χ1) is 10.0. The predicted octanol–water partition coefficient (Wildman–Crippen LogP) is 2.91. The summed E-state index contributed by atoms with van der Waals surface area (Å²) >= 11 is 0. The van der Waals surface area contributed by atoms with Crippen LogP contribution in [0.15, 0.2) is 30.5 Å². The lowest BCUT2D eigenvalue weighted by atomic mass is 10.1. The Morgan fingerprint density at radius 1 is 1.19 bits per heavy atom. The molecule has 4 heteroatoms. The molecule has 0 unspecified atom stereocenters. The van der Waals surface area contributed by atoms with Crippen molar-refractivity contribution in [3.05, 3.63) is 64.0 Å². The van der Waals surface area contributed by atoms with E-state index in [0.29, 0.717) is 0 Å². The molecule has 1 N–H and O–H groups in total. The second kappa shape index (κ2) is 5.30. The fourth-order valence-corrected chi connectivity index (χ4v) is 2.74. The second-order valence-electron chi connectivity index (χ2n) is 5.71. The highest BCUT2D eigenvalue weighted by Gasteiger charge is 2.21. The van der Waals surface area contributed by atoms with Gasteiger partial charge in [-0.2, -0.15) is 0 Å². The molecule has 1 aromatic heterocycles. The number of rotatable bonds is 3. The van der Waals surface area contributed by atoms with Gasteiger partial charge in [-0.1, -0.05) is 18.2 Å². The predicted molar refractivity (Wildman–Crippen MR) is 80.1 cm³/mol. The molecule has 0 bridgehead atoms. The average molecular weight is 282 g/mol. The highest BCUT2D eigenvalue weighted by molar-refractivity contribution is 5.85. The second-order valence-corrected chi connectivity index (χ2v) is 5.71. The molecule has 3 rings (SSSR count). The summed E-state index contributed by atoms with van der Waals surface area (Å²) in [6.07, 6.45) is 1.69. The number of aromatic carboxylic acids is 1. The summed E-state index contributed by atoms with van der Waals surface area (Å²) in [6, 6.07) is 8.22. The van der Waals surface area contributed by atoms with Crippen LogP contribution in [0.25, 0.3) is 0 Å². The lowest BCUT2D eigenvalue weighted by molar-refractivity contribution is 0.0690. The van der Waals surface area contributed by atoms with Gasteiger partial charge in [0.15, 0.2) is 0 Å². The van der Waals surface area contributed by atoms with E-state index in [9.17, 15) is 4.79 Å². The van der Waals surface area contributed by atoms with Gasteiger partial charge in [0, 0.05) is 25.8 Å². The number of carboxylic acid groups (broad SMARTS) is 1. The van der Waals surface area contributed by atoms with Gasteiger partial charge in [0.2, 0.25) is 0 Å². The average Bonchev–Trinajstić information content (AvgIpc) is 2.84. The Kier molecular flexibility index (Phi) is 3.47. The number of carboxylic acids is 1. The van der Waals surface area contributed by atoms with Crippen LogP contribution in [0.5, 0.6) is 0 Å². The van der Waals surface area contributed by atoms with Crippen molar-refractivity contribution in [3.8, 4) is 0 Å². The maximum Gasteiger partial charge on any atom is 0.354 e. The zero-order chi connectivity index (χ0) is 15.0. The number of carbonyl (C=O) groups is 1. The maximum atomic E-state index is 11.0. The van der Waals surface area contributed by atoms with Gasteiger partial charge >= 0.3 is 5.97 Å². The van der Waals surface area contributed by atoms with Gasteiger partial charge in [-0.05, 0) is 47.7 Å². The van der Waals surface area contributed by atoms with Gasteiger partial charge in [-0.25, -0.2) is 9.78 Å². The van der Waals surface area contributed by atoms with Crippen molar-refractivity contribution in [2.24, 2.45) is 0 Å². The molecule has 0 amide bonds. The van der Waals surface area contributed by atoms with Gasteiger partial charge in [0.25, 0.3) is 0 Å². The normalized spacial score (nSPS) is 14.2. The summed E-state index contributed by atoms with van der Waals surface area (Å²) in [4.78, 5) is 17.3. The molecule has 1 aliphatic rings. The van der Waals surface area contributed by atoms with E-state index < -0.39 is 5.97 Å². The summed E-state index contributed by atoms with van der Waals surface area (Å²) < 4.78 is 0. The molecule has 0 radical (unpaired) electrons. The molecule has 2 aromatic rings. The van der Waals surface area contributed by atoms with E-state index in [-0.39, 0.29) is 5.69 Å². The Morgan fingerprint density at radius 2 is 1.95 bits per heavy atom. The Bertz CT molecular complexity index is 710. The number of aryl methyl sites for hydroxylation is 2. The van der Waals surface area contributed by atoms with Gasteiger partial charge in [-0.15, -0.1) is 0 Å². The quantitative estimate of drug-likeness (QED) is 0.940. The van der Waals surface area contributed by atoms with E-state index in [1.807, 2.05) is 0 Å². The van der Waals surface area contributed by atoms with Crippen molar-refractivity contribution >= 4 is 5.97 Å². The largest absolute Gasteiger partial charge is 0.477 e. The van der Waals surface area contributed by atoms with Crippen molar-refractivity contribution < 1.29 is 9.90 Å². The summed E-state index contributed by atoms with van der Waals surface area (Å²) in [5.74, 6) is -0.967. The smallest absolute Gasteiger partial charge is 0.354 e.